The highest BCUT2D eigenvalue weighted by Crippen LogP contribution is 2.27. The predicted octanol–water partition coefficient (Wildman–Crippen LogP) is 4.67. The lowest BCUT2D eigenvalue weighted by Crippen LogP contribution is -2.47. The summed E-state index contributed by atoms with van der Waals surface area (Å²) in [5.74, 6) is -0.367. The molecule has 1 atom stereocenters. The number of rotatable bonds is 5. The molecule has 0 aromatic heterocycles. The summed E-state index contributed by atoms with van der Waals surface area (Å²) in [6.45, 7) is 5.59. The van der Waals surface area contributed by atoms with E-state index in [1.54, 1.807) is 46.0 Å². The fourth-order valence-corrected chi connectivity index (χ4v) is 3.98. The average Bonchev–Trinajstić information content (AvgIpc) is 2.98. The Morgan fingerprint density at radius 2 is 1.68 bits per heavy atom. The number of anilines is 2. The van der Waals surface area contributed by atoms with Crippen LogP contribution >= 0.6 is 0 Å². The molecule has 3 aromatic carbocycles. The quantitative estimate of drug-likeness (QED) is 0.460. The smallest absolute Gasteiger partial charge is 0.407 e. The third-order valence-electron chi connectivity index (χ3n) is 5.68. The molecule has 4 rings (SSSR count). The van der Waals surface area contributed by atoms with Crippen molar-refractivity contribution >= 4 is 35.1 Å². The van der Waals surface area contributed by atoms with Gasteiger partial charge in [-0.25, -0.2) is 14.6 Å². The van der Waals surface area contributed by atoms with Gasteiger partial charge < -0.3 is 25.6 Å². The van der Waals surface area contributed by atoms with Crippen molar-refractivity contribution in [2.24, 2.45) is 4.99 Å². The van der Waals surface area contributed by atoms with Gasteiger partial charge in [0, 0.05) is 30.4 Å². The molecule has 1 aliphatic heterocycles. The lowest BCUT2D eigenvalue weighted by atomic mass is 10.0. The molecular weight excluding hydrogens is 482 g/mol. The summed E-state index contributed by atoms with van der Waals surface area (Å²) in [6, 6.07) is 23.5. The van der Waals surface area contributed by atoms with E-state index >= 15 is 0 Å². The molecule has 38 heavy (non-hydrogen) atoms. The van der Waals surface area contributed by atoms with Crippen molar-refractivity contribution in [3.8, 4) is 0 Å². The molecule has 196 valence electrons. The molecule has 3 N–H and O–H groups in total. The second kappa shape index (κ2) is 11.2. The molecule has 0 radical (unpaired) electrons. The Kier molecular flexibility index (Phi) is 7.76. The Balaban J connectivity index is 1.50. The molecule has 0 bridgehead atoms. The first-order chi connectivity index (χ1) is 18.1. The van der Waals surface area contributed by atoms with E-state index in [2.05, 4.69) is 20.9 Å². The third-order valence-corrected chi connectivity index (χ3v) is 5.68. The second-order valence-corrected chi connectivity index (χ2v) is 9.81. The Morgan fingerprint density at radius 3 is 2.42 bits per heavy atom. The van der Waals surface area contributed by atoms with E-state index in [0.29, 0.717) is 17.1 Å². The van der Waals surface area contributed by atoms with Gasteiger partial charge in [0.25, 0.3) is 5.91 Å². The van der Waals surface area contributed by atoms with Crippen molar-refractivity contribution in [3.63, 3.8) is 0 Å². The summed E-state index contributed by atoms with van der Waals surface area (Å²) in [4.78, 5) is 44.4. The number of hydrogen-bond acceptors (Lipinski definition) is 5. The summed E-state index contributed by atoms with van der Waals surface area (Å²) in [5, 5.41) is 8.14. The first-order valence-electron chi connectivity index (χ1n) is 12.2. The van der Waals surface area contributed by atoms with Gasteiger partial charge in [-0.2, -0.15) is 0 Å². The van der Waals surface area contributed by atoms with Crippen molar-refractivity contribution in [3.05, 3.63) is 95.6 Å². The standard InChI is InChI=1S/C29H31N5O4/c1-29(2,3)38-28(37)30-18-19-11-10-14-21(17-19)31-27(36)33-25-26(35)34(4)23-16-9-8-15-22(23)24(32-25)20-12-6-5-7-13-20/h5-17,25H,18H2,1-4H3,(H,30,37)(H2,31,33,36)/t25-/m0/s1. The summed E-state index contributed by atoms with van der Waals surface area (Å²) in [5.41, 5.74) is 3.60. The summed E-state index contributed by atoms with van der Waals surface area (Å²) >= 11 is 0. The first kappa shape index (κ1) is 26.4. The van der Waals surface area contributed by atoms with Crippen LogP contribution in [0.3, 0.4) is 0 Å². The average molecular weight is 514 g/mol. The van der Waals surface area contributed by atoms with Crippen LogP contribution in [0.15, 0.2) is 83.9 Å². The van der Waals surface area contributed by atoms with E-state index in [1.807, 2.05) is 60.7 Å². The number of alkyl carbamates (subject to hydrolysis) is 1. The van der Waals surface area contributed by atoms with Crippen molar-refractivity contribution in [2.75, 3.05) is 17.3 Å². The molecule has 0 aliphatic carbocycles. The number of aliphatic imine (C=N–C) groups is 1. The van der Waals surface area contributed by atoms with Gasteiger partial charge in [0.2, 0.25) is 6.17 Å². The summed E-state index contributed by atoms with van der Waals surface area (Å²) in [6.07, 6.45) is -1.67. The molecule has 1 heterocycles. The number of urea groups is 1. The largest absolute Gasteiger partial charge is 0.444 e. The van der Waals surface area contributed by atoms with E-state index in [4.69, 9.17) is 4.74 Å². The highest BCUT2D eigenvalue weighted by atomic mass is 16.6. The highest BCUT2D eigenvalue weighted by molar-refractivity contribution is 6.20. The number of benzodiazepines with no additional fused rings is 1. The lowest BCUT2D eigenvalue weighted by molar-refractivity contribution is -0.119. The van der Waals surface area contributed by atoms with Crippen LogP contribution in [0.4, 0.5) is 21.0 Å². The number of hydrogen-bond donors (Lipinski definition) is 3. The van der Waals surface area contributed by atoms with Gasteiger partial charge in [-0.3, -0.25) is 4.79 Å². The summed E-state index contributed by atoms with van der Waals surface area (Å²) in [7, 11) is 1.67. The summed E-state index contributed by atoms with van der Waals surface area (Å²) < 4.78 is 5.25. The van der Waals surface area contributed by atoms with Crippen LogP contribution in [0, 0.1) is 0 Å². The fraction of sp³-hybridized carbons (Fsp3) is 0.241. The predicted molar refractivity (Wildman–Crippen MR) is 147 cm³/mol. The van der Waals surface area contributed by atoms with E-state index in [-0.39, 0.29) is 12.5 Å². The number of nitrogens with one attached hydrogen (secondary N) is 3. The number of likely N-dealkylation sites (N-methyl/N-ethyl adjacent to an activating group) is 1. The molecule has 0 saturated carbocycles. The van der Waals surface area contributed by atoms with Crippen LogP contribution in [0.5, 0.6) is 0 Å². The van der Waals surface area contributed by atoms with Gasteiger partial charge in [0.15, 0.2) is 0 Å². The molecule has 9 heteroatoms. The Labute approximate surface area is 221 Å². The zero-order chi connectivity index (χ0) is 27.3. The normalized spacial score (nSPS) is 15.1. The van der Waals surface area contributed by atoms with Crippen molar-refractivity contribution in [1.29, 1.82) is 0 Å². The molecule has 0 unspecified atom stereocenters. The van der Waals surface area contributed by atoms with Crippen LogP contribution in [-0.4, -0.2) is 42.6 Å². The number of carbonyl (C=O) groups excluding carboxylic acids is 3. The number of benzene rings is 3. The number of para-hydroxylation sites is 1. The minimum absolute atomic E-state index is 0.223. The Hall–Kier alpha value is -4.66. The zero-order valence-corrected chi connectivity index (χ0v) is 21.8. The zero-order valence-electron chi connectivity index (χ0n) is 21.8. The van der Waals surface area contributed by atoms with Crippen LogP contribution < -0.4 is 20.9 Å². The van der Waals surface area contributed by atoms with Crippen LogP contribution in [0.25, 0.3) is 0 Å². The molecule has 1 aliphatic rings. The van der Waals surface area contributed by atoms with E-state index in [9.17, 15) is 14.4 Å². The van der Waals surface area contributed by atoms with Gasteiger partial charge >= 0.3 is 12.1 Å². The highest BCUT2D eigenvalue weighted by Gasteiger charge is 2.31. The third kappa shape index (κ3) is 6.56. The molecule has 0 saturated heterocycles. The van der Waals surface area contributed by atoms with Gasteiger partial charge in [-0.1, -0.05) is 60.7 Å². The molecular formula is C29H31N5O4. The fourth-order valence-electron chi connectivity index (χ4n) is 3.98. The monoisotopic (exact) mass is 513 g/mol. The van der Waals surface area contributed by atoms with Gasteiger partial charge in [0.05, 0.1) is 11.4 Å². The maximum absolute atomic E-state index is 13.3. The molecule has 3 aromatic rings. The number of ether oxygens (including phenoxy) is 1. The number of amides is 4. The van der Waals surface area contributed by atoms with E-state index in [0.717, 1.165) is 16.7 Å². The van der Waals surface area contributed by atoms with Gasteiger partial charge in [0.1, 0.15) is 5.60 Å². The SMILES string of the molecule is CN1C(=O)[C@H](NC(=O)Nc2cccc(CNC(=O)OC(C)(C)C)c2)N=C(c2ccccc2)c2ccccc21. The number of fused-ring (bicyclic) bond motifs is 1. The number of carbonyl (C=O) groups is 3. The lowest BCUT2D eigenvalue weighted by Gasteiger charge is -2.21. The molecule has 0 spiro atoms. The van der Waals surface area contributed by atoms with Gasteiger partial charge in [-0.15, -0.1) is 0 Å². The second-order valence-electron chi connectivity index (χ2n) is 9.81. The minimum Gasteiger partial charge on any atom is -0.444 e. The molecule has 4 amide bonds. The van der Waals surface area contributed by atoms with Crippen molar-refractivity contribution < 1.29 is 19.1 Å². The van der Waals surface area contributed by atoms with E-state index < -0.39 is 23.9 Å². The van der Waals surface area contributed by atoms with Crippen LogP contribution in [0.2, 0.25) is 0 Å². The topological polar surface area (TPSA) is 112 Å². The Morgan fingerprint density at radius 1 is 0.974 bits per heavy atom. The number of nitrogens with zero attached hydrogens (tertiary/aromatic N) is 2. The molecule has 9 nitrogen and oxygen atoms in total. The Bertz CT molecular complexity index is 1360. The molecule has 0 fully saturated rings. The maximum atomic E-state index is 13.3. The van der Waals surface area contributed by atoms with Crippen LogP contribution in [-0.2, 0) is 16.1 Å². The first-order valence-corrected chi connectivity index (χ1v) is 12.2. The van der Waals surface area contributed by atoms with Crippen molar-refractivity contribution in [1.82, 2.24) is 10.6 Å². The van der Waals surface area contributed by atoms with Crippen molar-refractivity contribution in [2.45, 2.75) is 39.1 Å². The maximum Gasteiger partial charge on any atom is 0.407 e. The van der Waals surface area contributed by atoms with Crippen LogP contribution in [0.1, 0.15) is 37.5 Å². The van der Waals surface area contributed by atoms with E-state index in [1.165, 1.54) is 4.90 Å². The minimum atomic E-state index is -1.14. The van der Waals surface area contributed by atoms with Gasteiger partial charge in [-0.05, 0) is 44.5 Å².